The van der Waals surface area contributed by atoms with Gasteiger partial charge in [0, 0.05) is 23.7 Å². The van der Waals surface area contributed by atoms with Gasteiger partial charge in [-0.1, -0.05) is 36.9 Å². The van der Waals surface area contributed by atoms with Crippen molar-refractivity contribution in [2.45, 2.75) is 44.1 Å². The molecule has 1 saturated carbocycles. The van der Waals surface area contributed by atoms with Crippen molar-refractivity contribution in [2.24, 2.45) is 5.92 Å². The lowest BCUT2D eigenvalue weighted by Crippen LogP contribution is -2.57. The SMILES string of the molecule is O=C(NC1(C(=O)O)CCCCC1)C1CC(=O)N(c2cccc(Cl)c2)C1. The van der Waals surface area contributed by atoms with Crippen LogP contribution >= 0.6 is 11.6 Å². The molecule has 7 heteroatoms. The Balaban J connectivity index is 1.71. The van der Waals surface area contributed by atoms with Gasteiger partial charge in [-0.05, 0) is 31.0 Å². The van der Waals surface area contributed by atoms with Gasteiger partial charge >= 0.3 is 5.97 Å². The van der Waals surface area contributed by atoms with Gasteiger partial charge in [-0.2, -0.15) is 0 Å². The number of benzene rings is 1. The number of carbonyl (C=O) groups is 3. The predicted octanol–water partition coefficient (Wildman–Crippen LogP) is 2.60. The molecule has 1 heterocycles. The van der Waals surface area contributed by atoms with Gasteiger partial charge in [0.2, 0.25) is 11.8 Å². The van der Waals surface area contributed by atoms with Gasteiger partial charge in [0.1, 0.15) is 5.54 Å². The molecule has 0 spiro atoms. The Morgan fingerprint density at radius 2 is 1.96 bits per heavy atom. The molecule has 2 aliphatic rings. The summed E-state index contributed by atoms with van der Waals surface area (Å²) in [4.78, 5) is 38.2. The molecule has 1 atom stereocenters. The van der Waals surface area contributed by atoms with Crippen LogP contribution in [-0.2, 0) is 14.4 Å². The second-order valence-electron chi connectivity index (χ2n) is 6.82. The number of hydrogen-bond donors (Lipinski definition) is 2. The number of carbonyl (C=O) groups excluding carboxylic acids is 2. The normalized spacial score (nSPS) is 22.7. The molecule has 0 aromatic heterocycles. The first-order chi connectivity index (χ1) is 11.9. The summed E-state index contributed by atoms with van der Waals surface area (Å²) in [5.74, 6) is -2.06. The maximum atomic E-state index is 12.6. The quantitative estimate of drug-likeness (QED) is 0.859. The van der Waals surface area contributed by atoms with Crippen LogP contribution in [0.3, 0.4) is 0 Å². The highest BCUT2D eigenvalue weighted by atomic mass is 35.5. The minimum atomic E-state index is -1.19. The summed E-state index contributed by atoms with van der Waals surface area (Å²) < 4.78 is 0. The van der Waals surface area contributed by atoms with Crippen LogP contribution in [0.25, 0.3) is 0 Å². The smallest absolute Gasteiger partial charge is 0.329 e. The van der Waals surface area contributed by atoms with Crippen LogP contribution < -0.4 is 10.2 Å². The molecule has 1 aromatic rings. The summed E-state index contributed by atoms with van der Waals surface area (Å²) >= 11 is 5.97. The van der Waals surface area contributed by atoms with Crippen molar-refractivity contribution in [3.63, 3.8) is 0 Å². The second-order valence-corrected chi connectivity index (χ2v) is 7.26. The average molecular weight is 365 g/mol. The largest absolute Gasteiger partial charge is 0.480 e. The lowest BCUT2D eigenvalue weighted by Gasteiger charge is -2.34. The standard InChI is InChI=1S/C18H21ClN2O4/c19-13-5-4-6-14(10-13)21-11-12(9-15(21)22)16(23)20-18(17(24)25)7-2-1-3-8-18/h4-6,10,12H,1-3,7-9,11H2,(H,20,23)(H,24,25). The van der Waals surface area contributed by atoms with E-state index in [1.54, 1.807) is 24.3 Å². The van der Waals surface area contributed by atoms with Gasteiger partial charge in [0.15, 0.2) is 0 Å². The second kappa shape index (κ2) is 7.04. The number of nitrogens with zero attached hydrogens (tertiary/aromatic N) is 1. The van der Waals surface area contributed by atoms with Gasteiger partial charge in [-0.3, -0.25) is 9.59 Å². The molecule has 1 aliphatic heterocycles. The number of hydrogen-bond acceptors (Lipinski definition) is 3. The lowest BCUT2D eigenvalue weighted by molar-refractivity contribution is -0.149. The molecule has 1 unspecified atom stereocenters. The first-order valence-electron chi connectivity index (χ1n) is 8.53. The van der Waals surface area contributed by atoms with Crippen molar-refractivity contribution >= 4 is 35.1 Å². The summed E-state index contributed by atoms with van der Waals surface area (Å²) in [6.07, 6.45) is 3.50. The molecule has 3 rings (SSSR count). The van der Waals surface area contributed by atoms with Gasteiger partial charge in [-0.25, -0.2) is 4.79 Å². The van der Waals surface area contributed by atoms with Crippen molar-refractivity contribution in [1.82, 2.24) is 5.32 Å². The summed E-state index contributed by atoms with van der Waals surface area (Å²) in [7, 11) is 0. The summed E-state index contributed by atoms with van der Waals surface area (Å²) in [5.41, 5.74) is -0.541. The molecule has 2 amide bonds. The number of halogens is 1. The van der Waals surface area contributed by atoms with E-state index < -0.39 is 17.4 Å². The Morgan fingerprint density at radius 3 is 2.60 bits per heavy atom. The van der Waals surface area contributed by atoms with Crippen LogP contribution in [-0.4, -0.2) is 35.0 Å². The molecule has 2 N–H and O–H groups in total. The number of amides is 2. The number of aliphatic carboxylic acids is 1. The highest BCUT2D eigenvalue weighted by Gasteiger charge is 2.44. The van der Waals surface area contributed by atoms with Crippen LogP contribution in [0.5, 0.6) is 0 Å². The molecule has 0 radical (unpaired) electrons. The Labute approximate surface area is 151 Å². The Morgan fingerprint density at radius 1 is 1.24 bits per heavy atom. The fourth-order valence-corrected chi connectivity index (χ4v) is 3.85. The van der Waals surface area contributed by atoms with E-state index in [0.29, 0.717) is 23.6 Å². The molecule has 1 aromatic carbocycles. The first-order valence-corrected chi connectivity index (χ1v) is 8.90. The molecule has 1 saturated heterocycles. The van der Waals surface area contributed by atoms with E-state index in [9.17, 15) is 19.5 Å². The summed E-state index contributed by atoms with van der Waals surface area (Å²) in [5, 5.41) is 12.8. The third kappa shape index (κ3) is 3.63. The van der Waals surface area contributed by atoms with Crippen molar-refractivity contribution in [2.75, 3.05) is 11.4 Å². The number of nitrogens with one attached hydrogen (secondary N) is 1. The molecule has 1 aliphatic carbocycles. The Bertz CT molecular complexity index is 700. The summed E-state index contributed by atoms with van der Waals surface area (Å²) in [6, 6.07) is 6.92. The van der Waals surface area contributed by atoms with E-state index in [0.717, 1.165) is 19.3 Å². The molecule has 0 bridgehead atoms. The van der Waals surface area contributed by atoms with Crippen LogP contribution in [0.4, 0.5) is 5.69 Å². The highest BCUT2D eigenvalue weighted by molar-refractivity contribution is 6.31. The third-order valence-corrected chi connectivity index (χ3v) is 5.33. The number of carboxylic acids is 1. The van der Waals surface area contributed by atoms with E-state index >= 15 is 0 Å². The monoisotopic (exact) mass is 364 g/mol. The fraction of sp³-hybridized carbons (Fsp3) is 0.500. The number of rotatable bonds is 4. The van der Waals surface area contributed by atoms with Gasteiger partial charge in [-0.15, -0.1) is 0 Å². The van der Waals surface area contributed by atoms with E-state index in [1.807, 2.05) is 0 Å². The maximum Gasteiger partial charge on any atom is 0.329 e. The first kappa shape index (κ1) is 17.7. The zero-order valence-electron chi connectivity index (χ0n) is 13.8. The zero-order valence-corrected chi connectivity index (χ0v) is 14.6. The molecule has 25 heavy (non-hydrogen) atoms. The molecule has 6 nitrogen and oxygen atoms in total. The van der Waals surface area contributed by atoms with Crippen LogP contribution in [0.1, 0.15) is 38.5 Å². The van der Waals surface area contributed by atoms with Crippen LogP contribution in [0, 0.1) is 5.92 Å². The highest BCUT2D eigenvalue weighted by Crippen LogP contribution is 2.31. The van der Waals surface area contributed by atoms with Crippen molar-refractivity contribution in [3.8, 4) is 0 Å². The topological polar surface area (TPSA) is 86.7 Å². The van der Waals surface area contributed by atoms with E-state index in [2.05, 4.69) is 5.32 Å². The minimum absolute atomic E-state index is 0.0774. The number of carboxylic acid groups (broad SMARTS) is 1. The Kier molecular flexibility index (Phi) is 4.99. The maximum absolute atomic E-state index is 12.6. The minimum Gasteiger partial charge on any atom is -0.480 e. The van der Waals surface area contributed by atoms with E-state index in [4.69, 9.17) is 11.6 Å². The lowest BCUT2D eigenvalue weighted by atomic mass is 9.81. The Hall–Kier alpha value is -2.08. The van der Waals surface area contributed by atoms with Crippen molar-refractivity contribution in [3.05, 3.63) is 29.3 Å². The van der Waals surface area contributed by atoms with Gasteiger partial charge in [0.25, 0.3) is 0 Å². The number of anilines is 1. The van der Waals surface area contributed by atoms with Crippen molar-refractivity contribution in [1.29, 1.82) is 0 Å². The van der Waals surface area contributed by atoms with Crippen molar-refractivity contribution < 1.29 is 19.5 Å². The molecule has 134 valence electrons. The zero-order chi connectivity index (χ0) is 18.0. The van der Waals surface area contributed by atoms with Crippen LogP contribution in [0.2, 0.25) is 5.02 Å². The van der Waals surface area contributed by atoms with Gasteiger partial charge < -0.3 is 15.3 Å². The third-order valence-electron chi connectivity index (χ3n) is 5.09. The summed E-state index contributed by atoms with van der Waals surface area (Å²) in [6.45, 7) is 0.237. The average Bonchev–Trinajstić information content (AvgIpc) is 2.97. The molecule has 2 fully saturated rings. The predicted molar refractivity (Wildman–Crippen MR) is 93.5 cm³/mol. The molecular formula is C18H21ClN2O4. The fourth-order valence-electron chi connectivity index (χ4n) is 3.66. The van der Waals surface area contributed by atoms with E-state index in [1.165, 1.54) is 4.90 Å². The van der Waals surface area contributed by atoms with Crippen LogP contribution in [0.15, 0.2) is 24.3 Å². The van der Waals surface area contributed by atoms with Gasteiger partial charge in [0.05, 0.1) is 5.92 Å². The molecular weight excluding hydrogens is 344 g/mol. The van der Waals surface area contributed by atoms with E-state index in [-0.39, 0.29) is 24.8 Å².